The molecule has 0 spiro atoms. The van der Waals surface area contributed by atoms with Crippen LogP contribution in [0.15, 0.2) is 267 Å². The van der Waals surface area contributed by atoms with Crippen molar-refractivity contribution in [2.75, 3.05) is 9.80 Å². The third kappa shape index (κ3) is 6.36. The first kappa shape index (κ1) is 44.8. The van der Waals surface area contributed by atoms with Crippen molar-refractivity contribution in [1.82, 2.24) is 0 Å². The van der Waals surface area contributed by atoms with Crippen molar-refractivity contribution in [3.8, 4) is 22.3 Å². The van der Waals surface area contributed by atoms with Crippen LogP contribution < -0.4 is 67.7 Å². The van der Waals surface area contributed by atoms with Crippen LogP contribution in [-0.4, -0.2) is 22.9 Å². The average molecular weight is 1020 g/mol. The number of fused-ring (bicyclic) bond motifs is 10. The van der Waals surface area contributed by atoms with Gasteiger partial charge in [-0.15, -0.1) is 0 Å². The Morgan fingerprint density at radius 3 is 1.10 bits per heavy atom. The molecule has 0 unspecified atom stereocenters. The number of para-hydroxylation sites is 2. The molecule has 0 radical (unpaired) electrons. The Hall–Kier alpha value is -8.48. The predicted molar refractivity (Wildman–Crippen MR) is 332 cm³/mol. The maximum absolute atomic E-state index is 2.79. The summed E-state index contributed by atoms with van der Waals surface area (Å²) >= 11 is 0. The van der Waals surface area contributed by atoms with E-state index in [0.717, 1.165) is 0 Å². The summed E-state index contributed by atoms with van der Waals surface area (Å²) in [4.78, 5) is 5.37. The van der Waals surface area contributed by atoms with Crippen LogP contribution in [0.3, 0.4) is 0 Å². The van der Waals surface area contributed by atoms with Crippen molar-refractivity contribution < 1.29 is 0 Å². The van der Waals surface area contributed by atoms with Crippen LogP contribution in [-0.2, 0) is 0 Å². The molecule has 0 bridgehead atoms. The third-order valence-electron chi connectivity index (χ3n) is 18.4. The van der Waals surface area contributed by atoms with Gasteiger partial charge in [0.15, 0.2) is 16.1 Å². The van der Waals surface area contributed by atoms with Gasteiger partial charge in [0, 0.05) is 34.1 Å². The molecule has 0 atom stereocenters. The molecule has 2 nitrogen and oxygen atoms in total. The Balaban J connectivity index is 0.966. The molecular formula is C72H55BN2Si2. The molecule has 1 fully saturated rings. The topological polar surface area (TPSA) is 6.48 Å². The van der Waals surface area contributed by atoms with E-state index in [0.29, 0.717) is 5.92 Å². The predicted octanol–water partition coefficient (Wildman–Crippen LogP) is 10.5. The van der Waals surface area contributed by atoms with Gasteiger partial charge in [0.2, 0.25) is 0 Å². The highest BCUT2D eigenvalue weighted by Gasteiger charge is 2.52. The van der Waals surface area contributed by atoms with Gasteiger partial charge in [0.05, 0.1) is 0 Å². The summed E-state index contributed by atoms with van der Waals surface area (Å²) < 4.78 is 0. The molecule has 0 aromatic heterocycles. The second kappa shape index (κ2) is 17.5. The van der Waals surface area contributed by atoms with Crippen molar-refractivity contribution in [2.45, 2.75) is 38.0 Å². The van der Waals surface area contributed by atoms with Crippen LogP contribution in [0.5, 0.6) is 0 Å². The highest BCUT2D eigenvalue weighted by Crippen LogP contribution is 2.48. The maximum Gasteiger partial charge on any atom is 0.252 e. The standard InChI is InChI=1S/C72H55BN2Si2/c1-6-24-50(25-7-1)51-46-66-72-67(47-51)75(53-43-45-61-59-35-17-23-41-69(59)77(71(61)49-53,56-30-12-4-13-31-56)57-32-14-5-15-33-57)65-39-21-19-37-63(65)73(72)62-36-18-20-38-64(62)74(66)52-42-44-60-58-34-16-22-40-68(58)76(70(60)48-52,54-26-8-2-9-27-54)55-28-10-3-11-29-55/h2-5,8-23,26-50H,1,6-7,24-25H2. The second-order valence-electron chi connectivity index (χ2n) is 22.0. The monoisotopic (exact) mass is 1010 g/mol. The molecule has 1 saturated carbocycles. The number of hydrogen-bond donors (Lipinski definition) is 0. The lowest BCUT2D eigenvalue weighted by Gasteiger charge is -2.45. The van der Waals surface area contributed by atoms with Crippen LogP contribution in [0, 0.1) is 0 Å². The summed E-state index contributed by atoms with van der Waals surface area (Å²) in [5.74, 6) is 0.485. The molecule has 11 aromatic rings. The second-order valence-corrected chi connectivity index (χ2v) is 29.5. The summed E-state index contributed by atoms with van der Waals surface area (Å²) in [5, 5.41) is 11.5. The van der Waals surface area contributed by atoms with Crippen molar-refractivity contribution in [3.05, 3.63) is 272 Å². The van der Waals surface area contributed by atoms with Gasteiger partial charge in [0.1, 0.15) is 0 Å². The Labute approximate surface area is 454 Å². The van der Waals surface area contributed by atoms with Crippen molar-refractivity contribution in [1.29, 1.82) is 0 Å². The fraction of sp³-hybridized carbons (Fsp3) is 0.0833. The van der Waals surface area contributed by atoms with Gasteiger partial charge >= 0.3 is 0 Å². The Kier molecular flexibility index (Phi) is 10.2. The molecular weight excluding hydrogens is 960 g/mol. The third-order valence-corrected chi connectivity index (χ3v) is 28.1. The molecule has 16 rings (SSSR count). The summed E-state index contributed by atoms with van der Waals surface area (Å²) in [6.07, 6.45) is 6.29. The lowest BCUT2D eigenvalue weighted by molar-refractivity contribution is 0.444. The van der Waals surface area contributed by atoms with E-state index >= 15 is 0 Å². The molecule has 5 heteroatoms. The number of benzene rings is 11. The van der Waals surface area contributed by atoms with E-state index in [1.165, 1.54) is 152 Å². The molecule has 0 amide bonds. The minimum atomic E-state index is -2.79. The van der Waals surface area contributed by atoms with Gasteiger partial charge in [-0.1, -0.05) is 238 Å². The maximum atomic E-state index is 2.68. The molecule has 77 heavy (non-hydrogen) atoms. The van der Waals surface area contributed by atoms with Gasteiger partial charge < -0.3 is 9.80 Å². The number of anilines is 6. The summed E-state index contributed by atoms with van der Waals surface area (Å²) in [6.45, 7) is 0.0434. The van der Waals surface area contributed by atoms with Gasteiger partial charge in [0.25, 0.3) is 6.71 Å². The summed E-state index contributed by atoms with van der Waals surface area (Å²) in [6, 6.07) is 104. The SMILES string of the molecule is c1ccc([Si]2(c3ccccc3)c3ccccc3-c3ccc(N4c5ccccc5B5c6ccccc6N(c6ccc7c(c6)[Si](c6ccccc6)(c6ccccc6)c6ccccc6-7)c6cc(C7CCCCC7)cc4c65)cc32)cc1. The summed E-state index contributed by atoms with van der Waals surface area (Å²) in [7, 11) is -5.58. The quantitative estimate of drug-likeness (QED) is 0.147. The van der Waals surface area contributed by atoms with Crippen LogP contribution in [0.2, 0.25) is 0 Å². The molecule has 5 aliphatic rings. The molecule has 4 heterocycles. The van der Waals surface area contributed by atoms with Crippen molar-refractivity contribution in [3.63, 3.8) is 0 Å². The van der Waals surface area contributed by atoms with E-state index in [-0.39, 0.29) is 6.71 Å². The first-order chi connectivity index (χ1) is 38.2. The van der Waals surface area contributed by atoms with E-state index in [1.807, 2.05) is 0 Å². The van der Waals surface area contributed by atoms with E-state index < -0.39 is 16.1 Å². The smallest absolute Gasteiger partial charge is 0.252 e. The molecule has 364 valence electrons. The normalized spacial score (nSPS) is 15.9. The van der Waals surface area contributed by atoms with Crippen LogP contribution in [0.25, 0.3) is 22.3 Å². The van der Waals surface area contributed by atoms with Crippen molar-refractivity contribution in [2.24, 2.45) is 0 Å². The first-order valence-corrected chi connectivity index (χ1v) is 31.9. The Bertz CT molecular complexity index is 3780. The number of nitrogens with zero attached hydrogens (tertiary/aromatic N) is 2. The Morgan fingerprint density at radius 2 is 0.675 bits per heavy atom. The lowest BCUT2D eigenvalue weighted by Crippen LogP contribution is -2.72. The Morgan fingerprint density at radius 1 is 0.312 bits per heavy atom. The van der Waals surface area contributed by atoms with Crippen LogP contribution in [0.4, 0.5) is 34.1 Å². The van der Waals surface area contributed by atoms with Crippen molar-refractivity contribution >= 4 is 115 Å². The molecule has 0 N–H and O–H groups in total. The zero-order valence-corrected chi connectivity index (χ0v) is 45.0. The summed E-state index contributed by atoms with van der Waals surface area (Å²) in [5.41, 5.74) is 18.6. The average Bonchev–Trinajstić information content (AvgIpc) is 4.08. The number of hydrogen-bond acceptors (Lipinski definition) is 2. The first-order valence-electron chi connectivity index (χ1n) is 27.9. The van der Waals surface area contributed by atoms with E-state index in [4.69, 9.17) is 0 Å². The van der Waals surface area contributed by atoms with E-state index in [1.54, 1.807) is 0 Å². The van der Waals surface area contributed by atoms with Crippen LogP contribution >= 0.6 is 0 Å². The minimum absolute atomic E-state index is 0.0434. The van der Waals surface area contributed by atoms with E-state index in [2.05, 4.69) is 277 Å². The minimum Gasteiger partial charge on any atom is -0.311 e. The molecule has 1 aliphatic carbocycles. The number of rotatable bonds is 7. The molecule has 0 saturated heterocycles. The highest BCUT2D eigenvalue weighted by molar-refractivity contribution is 7.23. The lowest BCUT2D eigenvalue weighted by atomic mass is 9.33. The van der Waals surface area contributed by atoms with Gasteiger partial charge in [-0.25, -0.2) is 0 Å². The van der Waals surface area contributed by atoms with E-state index in [9.17, 15) is 0 Å². The van der Waals surface area contributed by atoms with Gasteiger partial charge in [-0.05, 0) is 153 Å². The van der Waals surface area contributed by atoms with Gasteiger partial charge in [-0.2, -0.15) is 0 Å². The van der Waals surface area contributed by atoms with Crippen LogP contribution in [0.1, 0.15) is 43.6 Å². The molecule has 11 aromatic carbocycles. The fourth-order valence-corrected chi connectivity index (χ4v) is 25.7. The zero-order valence-electron chi connectivity index (χ0n) is 43.0. The highest BCUT2D eigenvalue weighted by atomic mass is 28.3. The molecule has 4 aliphatic heterocycles. The van der Waals surface area contributed by atoms with Gasteiger partial charge in [-0.3, -0.25) is 0 Å². The zero-order chi connectivity index (χ0) is 50.7. The fourth-order valence-electron chi connectivity index (χ4n) is 15.3. The largest absolute Gasteiger partial charge is 0.311 e.